The minimum Gasteiger partial charge on any atom is -0.469 e. The van der Waals surface area contributed by atoms with Gasteiger partial charge in [-0.25, -0.2) is 0 Å². The van der Waals surface area contributed by atoms with Gasteiger partial charge in [0.2, 0.25) is 0 Å². The van der Waals surface area contributed by atoms with E-state index in [1.165, 1.54) is 25.5 Å². The summed E-state index contributed by atoms with van der Waals surface area (Å²) in [6, 6.07) is 0. The van der Waals surface area contributed by atoms with Gasteiger partial charge in [0.1, 0.15) is 0 Å². The van der Waals surface area contributed by atoms with Crippen molar-refractivity contribution in [3.05, 3.63) is 11.6 Å². The molecule has 2 atom stereocenters. The highest BCUT2D eigenvalue weighted by Gasteiger charge is 2.17. The Morgan fingerprint density at radius 2 is 2.35 bits per heavy atom. The Labute approximate surface area is 105 Å². The summed E-state index contributed by atoms with van der Waals surface area (Å²) in [6.45, 7) is 6.48. The number of ether oxygens (including phenoxy) is 1. The summed E-state index contributed by atoms with van der Waals surface area (Å²) in [4.78, 5) is 10.9. The van der Waals surface area contributed by atoms with Gasteiger partial charge in [-0.05, 0) is 51.1 Å². The zero-order chi connectivity index (χ0) is 12.7. The molecule has 0 fully saturated rings. The number of carbonyl (C=O) groups excluding carboxylic acids is 1. The Hall–Kier alpha value is -0.830. The molecular weight excluding hydrogens is 214 g/mol. The number of carbonyl (C=O) groups is 1. The summed E-state index contributed by atoms with van der Waals surface area (Å²) in [5.74, 6) is 1.36. The number of hydrogen-bond donors (Lipinski definition) is 1. The Bertz CT molecular complexity index is 273. The van der Waals surface area contributed by atoms with Crippen LogP contribution in [0.4, 0.5) is 0 Å². The normalized spacial score (nSPS) is 24.3. The standard InChI is InChI=1S/C14H25NO2/c1-11-7-12(2)9-13(8-11)10-15-6-4-5-14(16)17-3/h7,11,13,15H,4-6,8-10H2,1-3H3. The van der Waals surface area contributed by atoms with Crippen LogP contribution in [0.2, 0.25) is 0 Å². The summed E-state index contributed by atoms with van der Waals surface area (Å²) in [5.41, 5.74) is 1.52. The third kappa shape index (κ3) is 5.87. The van der Waals surface area contributed by atoms with E-state index < -0.39 is 0 Å². The average molecular weight is 239 g/mol. The van der Waals surface area contributed by atoms with Crippen molar-refractivity contribution >= 4 is 5.97 Å². The molecule has 17 heavy (non-hydrogen) atoms. The minimum absolute atomic E-state index is 0.114. The molecule has 1 rings (SSSR count). The van der Waals surface area contributed by atoms with Crippen LogP contribution in [0.1, 0.15) is 39.5 Å². The second-order valence-electron chi connectivity index (χ2n) is 5.18. The molecular formula is C14H25NO2. The number of allylic oxidation sites excluding steroid dienone is 2. The Morgan fingerprint density at radius 1 is 1.59 bits per heavy atom. The molecule has 0 heterocycles. The van der Waals surface area contributed by atoms with Crippen molar-refractivity contribution in [1.29, 1.82) is 0 Å². The van der Waals surface area contributed by atoms with E-state index in [1.807, 2.05) is 0 Å². The van der Waals surface area contributed by atoms with E-state index in [-0.39, 0.29) is 5.97 Å². The van der Waals surface area contributed by atoms with E-state index >= 15 is 0 Å². The Balaban J connectivity index is 2.07. The molecule has 0 aromatic carbocycles. The van der Waals surface area contributed by atoms with Crippen molar-refractivity contribution in [2.75, 3.05) is 20.2 Å². The fourth-order valence-corrected chi connectivity index (χ4v) is 2.61. The lowest BCUT2D eigenvalue weighted by atomic mass is 9.84. The van der Waals surface area contributed by atoms with Gasteiger partial charge >= 0.3 is 5.97 Å². The zero-order valence-corrected chi connectivity index (χ0v) is 11.3. The number of nitrogens with one attached hydrogen (secondary N) is 1. The highest BCUT2D eigenvalue weighted by atomic mass is 16.5. The van der Waals surface area contributed by atoms with E-state index in [9.17, 15) is 4.79 Å². The molecule has 1 aliphatic rings. The largest absolute Gasteiger partial charge is 0.469 e. The number of hydrogen-bond acceptors (Lipinski definition) is 3. The van der Waals surface area contributed by atoms with Gasteiger partial charge in [-0.1, -0.05) is 18.6 Å². The molecule has 1 aliphatic carbocycles. The van der Waals surface area contributed by atoms with Gasteiger partial charge in [-0.2, -0.15) is 0 Å². The third-order valence-corrected chi connectivity index (χ3v) is 3.28. The van der Waals surface area contributed by atoms with Crippen molar-refractivity contribution in [2.24, 2.45) is 11.8 Å². The maximum absolute atomic E-state index is 10.9. The maximum Gasteiger partial charge on any atom is 0.305 e. The van der Waals surface area contributed by atoms with Crippen molar-refractivity contribution in [2.45, 2.75) is 39.5 Å². The third-order valence-electron chi connectivity index (χ3n) is 3.28. The summed E-state index contributed by atoms with van der Waals surface area (Å²) in [7, 11) is 1.44. The number of esters is 1. The molecule has 3 heteroatoms. The maximum atomic E-state index is 10.9. The van der Waals surface area contributed by atoms with E-state index in [2.05, 4.69) is 30.0 Å². The molecule has 3 nitrogen and oxygen atoms in total. The van der Waals surface area contributed by atoms with Crippen LogP contribution >= 0.6 is 0 Å². The zero-order valence-electron chi connectivity index (χ0n) is 11.3. The van der Waals surface area contributed by atoms with Crippen LogP contribution in [0.25, 0.3) is 0 Å². The van der Waals surface area contributed by atoms with Crippen LogP contribution < -0.4 is 5.32 Å². The molecule has 0 aliphatic heterocycles. The SMILES string of the molecule is COC(=O)CCCNCC1CC(C)=CC(C)C1. The van der Waals surface area contributed by atoms with Crippen LogP contribution in [0.3, 0.4) is 0 Å². The Kier molecular flexibility index (Phi) is 6.27. The van der Waals surface area contributed by atoms with Gasteiger partial charge in [0.25, 0.3) is 0 Å². The summed E-state index contributed by atoms with van der Waals surface area (Å²) in [5, 5.41) is 3.44. The predicted octanol–water partition coefficient (Wildman–Crippen LogP) is 2.52. The monoisotopic (exact) mass is 239 g/mol. The first kappa shape index (κ1) is 14.2. The van der Waals surface area contributed by atoms with Crippen LogP contribution in [0.15, 0.2) is 11.6 Å². The molecule has 0 amide bonds. The number of rotatable bonds is 6. The molecule has 0 saturated carbocycles. The highest BCUT2D eigenvalue weighted by molar-refractivity contribution is 5.69. The summed E-state index contributed by atoms with van der Waals surface area (Å²) in [6.07, 6.45) is 6.26. The smallest absolute Gasteiger partial charge is 0.305 e. The lowest BCUT2D eigenvalue weighted by Crippen LogP contribution is -2.27. The van der Waals surface area contributed by atoms with E-state index in [4.69, 9.17) is 0 Å². The molecule has 0 spiro atoms. The quantitative estimate of drug-likeness (QED) is 0.440. The van der Waals surface area contributed by atoms with E-state index in [0.29, 0.717) is 12.3 Å². The van der Waals surface area contributed by atoms with Crippen molar-refractivity contribution in [3.63, 3.8) is 0 Å². The van der Waals surface area contributed by atoms with Gasteiger partial charge < -0.3 is 10.1 Å². The molecule has 98 valence electrons. The van der Waals surface area contributed by atoms with Crippen LogP contribution in [-0.4, -0.2) is 26.2 Å². The second kappa shape index (κ2) is 7.49. The second-order valence-corrected chi connectivity index (χ2v) is 5.18. The van der Waals surface area contributed by atoms with Crippen LogP contribution in [0, 0.1) is 11.8 Å². The lowest BCUT2D eigenvalue weighted by Gasteiger charge is -2.25. The summed E-state index contributed by atoms with van der Waals surface area (Å²) >= 11 is 0. The van der Waals surface area contributed by atoms with Crippen LogP contribution in [-0.2, 0) is 9.53 Å². The first-order valence-electron chi connectivity index (χ1n) is 6.56. The first-order valence-corrected chi connectivity index (χ1v) is 6.56. The van der Waals surface area contributed by atoms with Crippen molar-refractivity contribution in [1.82, 2.24) is 5.32 Å². The van der Waals surface area contributed by atoms with Crippen molar-refractivity contribution in [3.8, 4) is 0 Å². The molecule has 0 aromatic heterocycles. The molecule has 0 aromatic rings. The topological polar surface area (TPSA) is 38.3 Å². The molecule has 0 radical (unpaired) electrons. The summed E-state index contributed by atoms with van der Waals surface area (Å²) < 4.78 is 4.60. The van der Waals surface area contributed by atoms with Gasteiger partial charge in [0.15, 0.2) is 0 Å². The fraction of sp³-hybridized carbons (Fsp3) is 0.786. The Morgan fingerprint density at radius 3 is 3.00 bits per heavy atom. The molecule has 0 bridgehead atoms. The molecule has 0 saturated heterocycles. The van der Waals surface area contributed by atoms with Gasteiger partial charge in [0.05, 0.1) is 7.11 Å². The minimum atomic E-state index is -0.114. The molecule has 2 unspecified atom stereocenters. The van der Waals surface area contributed by atoms with E-state index in [1.54, 1.807) is 0 Å². The van der Waals surface area contributed by atoms with Gasteiger partial charge in [0, 0.05) is 6.42 Å². The fourth-order valence-electron chi connectivity index (χ4n) is 2.61. The average Bonchev–Trinajstić information content (AvgIpc) is 2.27. The highest BCUT2D eigenvalue weighted by Crippen LogP contribution is 2.27. The lowest BCUT2D eigenvalue weighted by molar-refractivity contribution is -0.140. The van der Waals surface area contributed by atoms with Crippen LogP contribution in [0.5, 0.6) is 0 Å². The molecule has 1 N–H and O–H groups in total. The van der Waals surface area contributed by atoms with Crippen molar-refractivity contribution < 1.29 is 9.53 Å². The van der Waals surface area contributed by atoms with Gasteiger partial charge in [-0.15, -0.1) is 0 Å². The number of methoxy groups -OCH3 is 1. The van der Waals surface area contributed by atoms with Gasteiger partial charge in [-0.3, -0.25) is 4.79 Å². The van der Waals surface area contributed by atoms with E-state index in [0.717, 1.165) is 25.4 Å². The predicted molar refractivity (Wildman–Crippen MR) is 69.8 cm³/mol. The first-order chi connectivity index (χ1) is 8.11.